The van der Waals surface area contributed by atoms with Gasteiger partial charge in [-0.15, -0.1) is 0 Å². The van der Waals surface area contributed by atoms with Crippen molar-refractivity contribution in [2.24, 2.45) is 0 Å². The lowest BCUT2D eigenvalue weighted by Gasteiger charge is -2.19. The highest BCUT2D eigenvalue weighted by atomic mass is 35.5. The molecule has 0 aliphatic carbocycles. The van der Waals surface area contributed by atoms with Crippen LogP contribution in [0.15, 0.2) is 36.9 Å². The minimum atomic E-state index is 0.337. The molecule has 0 N–H and O–H groups in total. The Balaban J connectivity index is 1.54. The first-order valence-electron chi connectivity index (χ1n) is 8.36. The average molecular weight is 350 g/mol. The molecular formula is C18H24ClN3O2. The van der Waals surface area contributed by atoms with Crippen molar-refractivity contribution < 1.29 is 9.47 Å². The molecular weight excluding hydrogens is 326 g/mol. The number of imidazole rings is 1. The summed E-state index contributed by atoms with van der Waals surface area (Å²) in [6, 6.07) is 5.86. The normalized spacial score (nSPS) is 18.2. The fourth-order valence-corrected chi connectivity index (χ4v) is 3.23. The zero-order chi connectivity index (χ0) is 16.8. The third kappa shape index (κ3) is 4.72. The Bertz CT molecular complexity index is 633. The van der Waals surface area contributed by atoms with E-state index in [0.29, 0.717) is 12.7 Å². The molecule has 0 radical (unpaired) electrons. The van der Waals surface area contributed by atoms with E-state index in [0.717, 1.165) is 55.4 Å². The van der Waals surface area contributed by atoms with E-state index in [2.05, 4.69) is 14.5 Å². The molecule has 2 aromatic rings. The minimum Gasteiger partial charge on any atom is -0.493 e. The second-order valence-corrected chi connectivity index (χ2v) is 6.57. The number of nitrogens with zero attached hydrogens (tertiary/aromatic N) is 3. The minimum absolute atomic E-state index is 0.337. The van der Waals surface area contributed by atoms with Gasteiger partial charge in [0.2, 0.25) is 0 Å². The molecule has 1 aromatic carbocycles. The van der Waals surface area contributed by atoms with Crippen molar-refractivity contribution in [3.8, 4) is 5.75 Å². The van der Waals surface area contributed by atoms with Crippen molar-refractivity contribution in [2.45, 2.75) is 32.0 Å². The smallest absolute Gasteiger partial charge is 0.123 e. The molecule has 6 heteroatoms. The molecule has 2 heterocycles. The van der Waals surface area contributed by atoms with Crippen LogP contribution in [-0.4, -0.2) is 47.4 Å². The zero-order valence-corrected chi connectivity index (χ0v) is 14.8. The van der Waals surface area contributed by atoms with Gasteiger partial charge in [0.1, 0.15) is 5.75 Å². The molecule has 0 unspecified atom stereocenters. The molecule has 1 fully saturated rings. The Hall–Kier alpha value is -1.56. The van der Waals surface area contributed by atoms with Gasteiger partial charge in [0.05, 0.1) is 19.0 Å². The highest BCUT2D eigenvalue weighted by molar-refractivity contribution is 6.30. The number of rotatable bonds is 8. The van der Waals surface area contributed by atoms with E-state index in [4.69, 9.17) is 21.1 Å². The number of likely N-dealkylation sites (tertiary alicyclic amines) is 1. The number of ether oxygens (including phenoxy) is 2. The van der Waals surface area contributed by atoms with E-state index < -0.39 is 0 Å². The Morgan fingerprint density at radius 3 is 3.04 bits per heavy atom. The van der Waals surface area contributed by atoms with Gasteiger partial charge in [-0.2, -0.15) is 0 Å². The zero-order valence-electron chi connectivity index (χ0n) is 14.0. The van der Waals surface area contributed by atoms with Crippen LogP contribution in [0, 0.1) is 0 Å². The van der Waals surface area contributed by atoms with Crippen LogP contribution in [0.25, 0.3) is 0 Å². The van der Waals surface area contributed by atoms with E-state index in [-0.39, 0.29) is 0 Å². The van der Waals surface area contributed by atoms with Gasteiger partial charge in [0.25, 0.3) is 0 Å². The van der Waals surface area contributed by atoms with Crippen molar-refractivity contribution in [1.29, 1.82) is 0 Å². The van der Waals surface area contributed by atoms with Gasteiger partial charge in [0.15, 0.2) is 0 Å². The van der Waals surface area contributed by atoms with Crippen molar-refractivity contribution in [1.82, 2.24) is 14.5 Å². The molecule has 1 saturated heterocycles. The summed E-state index contributed by atoms with van der Waals surface area (Å²) >= 11 is 6.18. The van der Waals surface area contributed by atoms with Crippen LogP contribution < -0.4 is 4.74 Å². The summed E-state index contributed by atoms with van der Waals surface area (Å²) in [5.74, 6) is 0.922. The Labute approximate surface area is 148 Å². The van der Waals surface area contributed by atoms with Gasteiger partial charge in [-0.3, -0.25) is 4.90 Å². The maximum Gasteiger partial charge on any atom is 0.123 e. The largest absolute Gasteiger partial charge is 0.493 e. The molecule has 1 aliphatic rings. The highest BCUT2D eigenvalue weighted by Crippen LogP contribution is 2.26. The van der Waals surface area contributed by atoms with Gasteiger partial charge in [-0.25, -0.2) is 4.98 Å². The predicted octanol–water partition coefficient (Wildman–Crippen LogP) is 3.23. The number of halogens is 1. The maximum absolute atomic E-state index is 6.18. The molecule has 1 atom stereocenters. The van der Waals surface area contributed by atoms with Gasteiger partial charge in [-0.05, 0) is 31.0 Å². The fraction of sp³-hybridized carbons (Fsp3) is 0.500. The van der Waals surface area contributed by atoms with Crippen LogP contribution in [-0.2, 0) is 17.8 Å². The van der Waals surface area contributed by atoms with Crippen LogP contribution in [0.2, 0.25) is 5.02 Å². The Morgan fingerprint density at radius 2 is 2.29 bits per heavy atom. The number of hydrogen-bond acceptors (Lipinski definition) is 4. The molecule has 1 aromatic heterocycles. The van der Waals surface area contributed by atoms with Crippen LogP contribution in [0.3, 0.4) is 0 Å². The summed E-state index contributed by atoms with van der Waals surface area (Å²) in [4.78, 5) is 6.43. The van der Waals surface area contributed by atoms with E-state index in [1.807, 2.05) is 30.7 Å². The van der Waals surface area contributed by atoms with E-state index in [1.165, 1.54) is 0 Å². The topological polar surface area (TPSA) is 39.5 Å². The first-order chi connectivity index (χ1) is 11.7. The second-order valence-electron chi connectivity index (χ2n) is 6.14. The number of aromatic nitrogens is 2. The Kier molecular flexibility index (Phi) is 6.12. The summed E-state index contributed by atoms with van der Waals surface area (Å²) in [5.41, 5.74) is 1.14. The number of benzene rings is 1. The summed E-state index contributed by atoms with van der Waals surface area (Å²) in [6.07, 6.45) is 7.94. The summed E-state index contributed by atoms with van der Waals surface area (Å²) in [6.45, 7) is 4.43. The number of hydrogen-bond donors (Lipinski definition) is 0. The lowest BCUT2D eigenvalue weighted by molar-refractivity contribution is 0.107. The fourth-order valence-electron chi connectivity index (χ4n) is 3.03. The van der Waals surface area contributed by atoms with Gasteiger partial charge in [-0.1, -0.05) is 11.6 Å². The van der Waals surface area contributed by atoms with Crippen LogP contribution in [0.1, 0.15) is 18.4 Å². The first kappa shape index (κ1) is 17.3. The molecule has 0 spiro atoms. The summed E-state index contributed by atoms with van der Waals surface area (Å²) in [5, 5.41) is 0.748. The lowest BCUT2D eigenvalue weighted by Crippen LogP contribution is -2.22. The highest BCUT2D eigenvalue weighted by Gasteiger charge is 2.22. The molecule has 24 heavy (non-hydrogen) atoms. The average Bonchev–Trinajstić information content (AvgIpc) is 3.25. The van der Waals surface area contributed by atoms with E-state index >= 15 is 0 Å². The van der Waals surface area contributed by atoms with E-state index in [9.17, 15) is 0 Å². The summed E-state index contributed by atoms with van der Waals surface area (Å²) < 4.78 is 13.5. The van der Waals surface area contributed by atoms with Crippen molar-refractivity contribution in [3.05, 3.63) is 47.5 Å². The first-order valence-corrected chi connectivity index (χ1v) is 8.74. The number of methoxy groups -OCH3 is 1. The van der Waals surface area contributed by atoms with Crippen molar-refractivity contribution >= 4 is 11.6 Å². The molecule has 5 nitrogen and oxygen atoms in total. The molecule has 0 amide bonds. The molecule has 130 valence electrons. The van der Waals surface area contributed by atoms with Crippen LogP contribution >= 0.6 is 11.6 Å². The molecule has 0 saturated carbocycles. The third-order valence-electron chi connectivity index (χ3n) is 4.36. The van der Waals surface area contributed by atoms with Gasteiger partial charge in [0, 0.05) is 56.3 Å². The van der Waals surface area contributed by atoms with Gasteiger partial charge >= 0.3 is 0 Å². The van der Waals surface area contributed by atoms with Crippen molar-refractivity contribution in [2.75, 3.05) is 26.8 Å². The molecule has 3 rings (SSSR count). The third-order valence-corrected chi connectivity index (χ3v) is 4.59. The predicted molar refractivity (Wildman–Crippen MR) is 94.5 cm³/mol. The standard InChI is InChI=1S/C18H24ClN3O2/c1-23-17-5-8-22(13-17)12-15-11-16(19)3-4-18(15)24-10-2-7-21-9-6-20-14-21/h3-4,6,9,11,14,17H,2,5,7-8,10,12-13H2,1H3/t17-/m0/s1. The molecule has 0 bridgehead atoms. The summed E-state index contributed by atoms with van der Waals surface area (Å²) in [7, 11) is 1.78. The van der Waals surface area contributed by atoms with Gasteiger partial charge < -0.3 is 14.0 Å². The SMILES string of the molecule is CO[C@H]1CCN(Cc2cc(Cl)ccc2OCCCn2ccnc2)C1. The Morgan fingerprint density at radius 1 is 1.38 bits per heavy atom. The van der Waals surface area contributed by atoms with E-state index in [1.54, 1.807) is 13.3 Å². The lowest BCUT2D eigenvalue weighted by atomic mass is 10.2. The van der Waals surface area contributed by atoms with Crippen molar-refractivity contribution in [3.63, 3.8) is 0 Å². The second kappa shape index (κ2) is 8.51. The maximum atomic E-state index is 6.18. The molecule has 1 aliphatic heterocycles. The van der Waals surface area contributed by atoms with Crippen LogP contribution in [0.4, 0.5) is 0 Å². The monoisotopic (exact) mass is 349 g/mol. The quantitative estimate of drug-likeness (QED) is 0.686. The van der Waals surface area contributed by atoms with Crippen LogP contribution in [0.5, 0.6) is 5.75 Å². The number of aryl methyl sites for hydroxylation is 1.